The largest absolute Gasteiger partial charge is 0.347 e. The second kappa shape index (κ2) is 9.52. The average Bonchev–Trinajstić information content (AvgIpc) is 3.39. The molecular weight excluding hydrogens is 424 g/mol. The highest BCUT2D eigenvalue weighted by Gasteiger charge is 2.21. The smallest absolute Gasteiger partial charge is 0.274 e. The van der Waals surface area contributed by atoms with Crippen LogP contribution in [0, 0.1) is 13.8 Å². The molecule has 8 nitrogen and oxygen atoms in total. The van der Waals surface area contributed by atoms with Crippen LogP contribution in [0.3, 0.4) is 0 Å². The van der Waals surface area contributed by atoms with Crippen molar-refractivity contribution in [2.24, 2.45) is 0 Å². The highest BCUT2D eigenvalue weighted by molar-refractivity contribution is 7.16. The van der Waals surface area contributed by atoms with Crippen molar-refractivity contribution >= 4 is 23.2 Å². The SMILES string of the molecule is Cc1nc(-n2nnc(C(=O)NCc3ccccc3)c2C)sc1C(=O)NCc1ccccc1. The first-order chi connectivity index (χ1) is 15.5. The number of carbonyl (C=O) groups is 2. The van der Waals surface area contributed by atoms with Crippen molar-refractivity contribution in [3.05, 3.63) is 93.7 Å². The Kier molecular flexibility index (Phi) is 6.37. The van der Waals surface area contributed by atoms with Crippen LogP contribution in [-0.4, -0.2) is 31.8 Å². The summed E-state index contributed by atoms with van der Waals surface area (Å²) < 4.78 is 1.49. The molecule has 0 fully saturated rings. The summed E-state index contributed by atoms with van der Waals surface area (Å²) >= 11 is 1.21. The fourth-order valence-electron chi connectivity index (χ4n) is 3.12. The van der Waals surface area contributed by atoms with Gasteiger partial charge in [-0.25, -0.2) is 4.98 Å². The lowest BCUT2D eigenvalue weighted by Crippen LogP contribution is -2.24. The normalized spacial score (nSPS) is 10.7. The van der Waals surface area contributed by atoms with Gasteiger partial charge < -0.3 is 10.6 Å². The Hall–Kier alpha value is -3.85. The minimum absolute atomic E-state index is 0.200. The number of amides is 2. The van der Waals surface area contributed by atoms with E-state index >= 15 is 0 Å². The number of rotatable bonds is 7. The molecule has 0 saturated carbocycles. The summed E-state index contributed by atoms with van der Waals surface area (Å²) in [6, 6.07) is 19.3. The molecule has 2 aromatic carbocycles. The first kappa shape index (κ1) is 21.4. The summed E-state index contributed by atoms with van der Waals surface area (Å²) in [5, 5.41) is 14.4. The van der Waals surface area contributed by atoms with Crippen LogP contribution in [0.4, 0.5) is 0 Å². The van der Waals surface area contributed by atoms with Crippen molar-refractivity contribution in [3.63, 3.8) is 0 Å². The number of aryl methyl sites for hydroxylation is 1. The third-order valence-electron chi connectivity index (χ3n) is 4.87. The van der Waals surface area contributed by atoms with Gasteiger partial charge in [0.1, 0.15) is 4.88 Å². The molecule has 0 aliphatic rings. The van der Waals surface area contributed by atoms with Crippen LogP contribution < -0.4 is 10.6 Å². The van der Waals surface area contributed by atoms with Crippen LogP contribution in [0.5, 0.6) is 0 Å². The molecule has 0 atom stereocenters. The van der Waals surface area contributed by atoms with E-state index in [9.17, 15) is 9.59 Å². The average molecular weight is 447 g/mol. The van der Waals surface area contributed by atoms with Crippen molar-refractivity contribution in [1.82, 2.24) is 30.6 Å². The monoisotopic (exact) mass is 446 g/mol. The van der Waals surface area contributed by atoms with E-state index in [2.05, 4.69) is 25.9 Å². The van der Waals surface area contributed by atoms with Crippen molar-refractivity contribution < 1.29 is 9.59 Å². The summed E-state index contributed by atoms with van der Waals surface area (Å²) in [6.45, 7) is 4.36. The molecule has 2 aromatic heterocycles. The molecule has 9 heteroatoms. The van der Waals surface area contributed by atoms with Crippen molar-refractivity contribution in [2.45, 2.75) is 26.9 Å². The minimum Gasteiger partial charge on any atom is -0.347 e. The number of aromatic nitrogens is 4. The third kappa shape index (κ3) is 4.73. The Morgan fingerprint density at radius 3 is 2.03 bits per heavy atom. The van der Waals surface area contributed by atoms with E-state index in [1.54, 1.807) is 13.8 Å². The lowest BCUT2D eigenvalue weighted by molar-refractivity contribution is 0.0940. The minimum atomic E-state index is -0.313. The summed E-state index contributed by atoms with van der Waals surface area (Å²) in [5.41, 5.74) is 3.39. The first-order valence-electron chi connectivity index (χ1n) is 10.1. The van der Waals surface area contributed by atoms with Gasteiger partial charge in [-0.2, -0.15) is 4.68 Å². The van der Waals surface area contributed by atoms with E-state index in [0.29, 0.717) is 34.5 Å². The lowest BCUT2D eigenvalue weighted by atomic mass is 10.2. The van der Waals surface area contributed by atoms with Gasteiger partial charge >= 0.3 is 0 Å². The number of carbonyl (C=O) groups excluding carboxylic acids is 2. The molecular formula is C23H22N6O2S. The van der Waals surface area contributed by atoms with Gasteiger partial charge in [-0.05, 0) is 25.0 Å². The molecule has 0 radical (unpaired) electrons. The van der Waals surface area contributed by atoms with E-state index in [1.807, 2.05) is 60.7 Å². The highest BCUT2D eigenvalue weighted by Crippen LogP contribution is 2.23. The maximum Gasteiger partial charge on any atom is 0.274 e. The molecule has 4 rings (SSSR count). The van der Waals surface area contributed by atoms with Gasteiger partial charge in [0.2, 0.25) is 5.13 Å². The Bertz CT molecular complexity index is 1230. The van der Waals surface area contributed by atoms with Gasteiger partial charge in [0, 0.05) is 13.1 Å². The molecule has 162 valence electrons. The maximum atomic E-state index is 12.7. The Morgan fingerprint density at radius 1 is 0.875 bits per heavy atom. The zero-order valence-electron chi connectivity index (χ0n) is 17.7. The third-order valence-corrected chi connectivity index (χ3v) is 6.01. The van der Waals surface area contributed by atoms with E-state index in [0.717, 1.165) is 11.1 Å². The summed E-state index contributed by atoms with van der Waals surface area (Å²) in [5.74, 6) is -0.514. The van der Waals surface area contributed by atoms with Gasteiger partial charge in [-0.15, -0.1) is 5.10 Å². The van der Waals surface area contributed by atoms with Gasteiger partial charge in [-0.1, -0.05) is 77.2 Å². The molecule has 0 aliphatic carbocycles. The molecule has 4 aromatic rings. The zero-order valence-corrected chi connectivity index (χ0v) is 18.5. The van der Waals surface area contributed by atoms with Crippen molar-refractivity contribution in [3.8, 4) is 5.13 Å². The molecule has 0 aliphatic heterocycles. The van der Waals surface area contributed by atoms with Crippen LogP contribution >= 0.6 is 11.3 Å². The fraction of sp³-hybridized carbons (Fsp3) is 0.174. The van der Waals surface area contributed by atoms with Crippen LogP contribution in [-0.2, 0) is 13.1 Å². The quantitative estimate of drug-likeness (QED) is 0.454. The van der Waals surface area contributed by atoms with E-state index in [1.165, 1.54) is 16.0 Å². The number of hydrogen-bond acceptors (Lipinski definition) is 6. The fourth-order valence-corrected chi connectivity index (χ4v) is 4.11. The Labute approximate surface area is 189 Å². The van der Waals surface area contributed by atoms with Crippen molar-refractivity contribution in [2.75, 3.05) is 0 Å². The van der Waals surface area contributed by atoms with Crippen molar-refractivity contribution in [1.29, 1.82) is 0 Å². The molecule has 2 N–H and O–H groups in total. The Morgan fingerprint density at radius 2 is 1.44 bits per heavy atom. The topological polar surface area (TPSA) is 102 Å². The second-order valence-corrected chi connectivity index (χ2v) is 8.16. The standard InChI is InChI=1S/C23H22N6O2S/c1-15-20(22(31)25-14-18-11-7-4-8-12-18)32-23(26-15)29-16(2)19(27-28-29)21(30)24-13-17-9-5-3-6-10-17/h3-12H,13-14H2,1-2H3,(H,24,30)(H,25,31). The molecule has 0 spiro atoms. The Balaban J connectivity index is 1.45. The number of hydrogen-bond donors (Lipinski definition) is 2. The molecule has 2 amide bonds. The maximum absolute atomic E-state index is 12.7. The predicted octanol–water partition coefficient (Wildman–Crippen LogP) is 3.20. The first-order valence-corrected chi connectivity index (χ1v) is 10.9. The van der Waals surface area contributed by atoms with Crippen LogP contribution in [0.15, 0.2) is 60.7 Å². The molecule has 0 unspecified atom stereocenters. The van der Waals surface area contributed by atoms with Gasteiger partial charge in [0.25, 0.3) is 11.8 Å². The second-order valence-electron chi connectivity index (χ2n) is 7.18. The van der Waals surface area contributed by atoms with Gasteiger partial charge in [0.15, 0.2) is 5.69 Å². The van der Waals surface area contributed by atoms with E-state index in [4.69, 9.17) is 0 Å². The highest BCUT2D eigenvalue weighted by atomic mass is 32.1. The summed E-state index contributed by atoms with van der Waals surface area (Å²) in [7, 11) is 0. The lowest BCUT2D eigenvalue weighted by Gasteiger charge is -2.04. The number of nitrogens with zero attached hydrogens (tertiary/aromatic N) is 4. The van der Waals surface area contributed by atoms with Crippen LogP contribution in [0.1, 0.15) is 42.7 Å². The number of nitrogens with one attached hydrogen (secondary N) is 2. The zero-order chi connectivity index (χ0) is 22.5. The number of thiazole rings is 1. The molecule has 2 heterocycles. The molecule has 0 saturated heterocycles. The summed E-state index contributed by atoms with van der Waals surface area (Å²) in [6.07, 6.45) is 0. The van der Waals surface area contributed by atoms with E-state index in [-0.39, 0.29) is 17.5 Å². The van der Waals surface area contributed by atoms with Crippen LogP contribution in [0.2, 0.25) is 0 Å². The molecule has 0 bridgehead atoms. The van der Waals surface area contributed by atoms with Gasteiger partial charge in [-0.3, -0.25) is 9.59 Å². The predicted molar refractivity (Wildman–Crippen MR) is 122 cm³/mol. The van der Waals surface area contributed by atoms with Crippen LogP contribution in [0.25, 0.3) is 5.13 Å². The molecule has 32 heavy (non-hydrogen) atoms. The summed E-state index contributed by atoms with van der Waals surface area (Å²) in [4.78, 5) is 30.2. The van der Waals surface area contributed by atoms with Gasteiger partial charge in [0.05, 0.1) is 11.4 Å². The van der Waals surface area contributed by atoms with E-state index < -0.39 is 0 Å². The number of benzene rings is 2.